The van der Waals surface area contributed by atoms with Crippen LogP contribution in [0.1, 0.15) is 45.4 Å². The monoisotopic (exact) mass is 311 g/mol. The lowest BCUT2D eigenvalue weighted by molar-refractivity contribution is -0.116. The topological polar surface area (TPSA) is 49.3 Å². The molecule has 0 aliphatic heterocycles. The molecule has 0 unspecified atom stereocenters. The first kappa shape index (κ1) is 17.1. The fourth-order valence-electron chi connectivity index (χ4n) is 2.55. The molecular formula is C20H25NO2. The minimum Gasteiger partial charge on any atom is -0.506 e. The molecule has 23 heavy (non-hydrogen) atoms. The Morgan fingerprint density at radius 3 is 2.43 bits per heavy atom. The Hall–Kier alpha value is -2.29. The maximum atomic E-state index is 12.0. The van der Waals surface area contributed by atoms with E-state index < -0.39 is 0 Å². The molecule has 0 aliphatic rings. The van der Waals surface area contributed by atoms with Crippen molar-refractivity contribution < 1.29 is 9.90 Å². The molecule has 2 N–H and O–H groups in total. The summed E-state index contributed by atoms with van der Waals surface area (Å²) in [5.41, 5.74) is 2.51. The number of anilines is 1. The first-order valence-corrected chi connectivity index (χ1v) is 8.39. The lowest BCUT2D eigenvalue weighted by Crippen LogP contribution is -2.11. The number of carbonyl (C=O) groups is 1. The summed E-state index contributed by atoms with van der Waals surface area (Å²) in [6, 6.07) is 15.2. The van der Waals surface area contributed by atoms with Crippen LogP contribution in [-0.2, 0) is 4.79 Å². The van der Waals surface area contributed by atoms with E-state index in [1.807, 2.05) is 42.5 Å². The van der Waals surface area contributed by atoms with Gasteiger partial charge in [0, 0.05) is 6.42 Å². The predicted octanol–water partition coefficient (Wildman–Crippen LogP) is 5.36. The number of unbranched alkanes of at least 4 members (excludes halogenated alkanes) is 4. The predicted molar refractivity (Wildman–Crippen MR) is 95.5 cm³/mol. The van der Waals surface area contributed by atoms with Crippen LogP contribution in [0.2, 0.25) is 0 Å². The van der Waals surface area contributed by atoms with Gasteiger partial charge in [-0.15, -0.1) is 0 Å². The average molecular weight is 311 g/mol. The van der Waals surface area contributed by atoms with Crippen molar-refractivity contribution in [3.8, 4) is 16.9 Å². The molecule has 0 heterocycles. The van der Waals surface area contributed by atoms with Crippen LogP contribution in [-0.4, -0.2) is 11.0 Å². The molecule has 0 atom stereocenters. The van der Waals surface area contributed by atoms with Crippen molar-refractivity contribution in [3.05, 3.63) is 48.5 Å². The number of benzene rings is 2. The Bertz CT molecular complexity index is 623. The molecule has 2 aromatic carbocycles. The van der Waals surface area contributed by atoms with E-state index in [1.54, 1.807) is 6.07 Å². The number of hydrogen-bond acceptors (Lipinski definition) is 2. The second-order valence-corrected chi connectivity index (χ2v) is 5.81. The summed E-state index contributed by atoms with van der Waals surface area (Å²) < 4.78 is 0. The van der Waals surface area contributed by atoms with E-state index in [1.165, 1.54) is 19.3 Å². The summed E-state index contributed by atoms with van der Waals surface area (Å²) >= 11 is 0. The second-order valence-electron chi connectivity index (χ2n) is 5.81. The Labute approximate surface area is 138 Å². The SMILES string of the molecule is CCCCCCCC(=O)Nc1cc(-c2ccccc2)ccc1O. The van der Waals surface area contributed by atoms with E-state index in [0.29, 0.717) is 12.1 Å². The van der Waals surface area contributed by atoms with E-state index in [4.69, 9.17) is 0 Å². The Morgan fingerprint density at radius 2 is 1.70 bits per heavy atom. The first-order chi connectivity index (χ1) is 11.2. The van der Waals surface area contributed by atoms with Crippen molar-refractivity contribution in [3.63, 3.8) is 0 Å². The standard InChI is InChI=1S/C20H25NO2/c1-2-3-4-5-9-12-20(23)21-18-15-17(13-14-19(18)22)16-10-7-6-8-11-16/h6-8,10-11,13-15,22H,2-5,9,12H2,1H3,(H,21,23). The number of nitrogens with one attached hydrogen (secondary N) is 1. The number of carbonyl (C=O) groups excluding carboxylic acids is 1. The molecule has 2 aromatic rings. The van der Waals surface area contributed by atoms with E-state index in [-0.39, 0.29) is 11.7 Å². The molecule has 3 heteroatoms. The normalized spacial score (nSPS) is 10.5. The molecule has 3 nitrogen and oxygen atoms in total. The molecule has 0 saturated heterocycles. The van der Waals surface area contributed by atoms with Crippen molar-refractivity contribution >= 4 is 11.6 Å². The zero-order valence-electron chi connectivity index (χ0n) is 13.7. The largest absolute Gasteiger partial charge is 0.506 e. The van der Waals surface area contributed by atoms with Gasteiger partial charge < -0.3 is 10.4 Å². The number of amides is 1. The number of aromatic hydroxyl groups is 1. The molecule has 0 aliphatic carbocycles. The van der Waals surface area contributed by atoms with Gasteiger partial charge in [-0.1, -0.05) is 69.0 Å². The van der Waals surface area contributed by atoms with Crippen molar-refractivity contribution in [1.29, 1.82) is 0 Å². The van der Waals surface area contributed by atoms with Gasteiger partial charge in [0.05, 0.1) is 5.69 Å². The van der Waals surface area contributed by atoms with Gasteiger partial charge in [0.1, 0.15) is 5.75 Å². The Morgan fingerprint density at radius 1 is 0.957 bits per heavy atom. The number of rotatable bonds is 8. The fraction of sp³-hybridized carbons (Fsp3) is 0.350. The molecule has 0 radical (unpaired) electrons. The van der Waals surface area contributed by atoms with Crippen LogP contribution in [0.3, 0.4) is 0 Å². The molecule has 2 rings (SSSR count). The van der Waals surface area contributed by atoms with Crippen molar-refractivity contribution in [2.75, 3.05) is 5.32 Å². The van der Waals surface area contributed by atoms with Crippen molar-refractivity contribution in [2.45, 2.75) is 45.4 Å². The summed E-state index contributed by atoms with van der Waals surface area (Å²) in [7, 11) is 0. The second kappa shape index (κ2) is 8.99. The van der Waals surface area contributed by atoms with Crippen LogP contribution in [0, 0.1) is 0 Å². The maximum absolute atomic E-state index is 12.0. The molecule has 0 fully saturated rings. The minimum atomic E-state index is -0.0398. The van der Waals surface area contributed by atoms with Gasteiger partial charge in [0.2, 0.25) is 5.91 Å². The summed E-state index contributed by atoms with van der Waals surface area (Å²) in [5, 5.41) is 12.8. The van der Waals surface area contributed by atoms with E-state index in [9.17, 15) is 9.90 Å². The Kier molecular flexibility index (Phi) is 6.67. The van der Waals surface area contributed by atoms with Gasteiger partial charge in [-0.3, -0.25) is 4.79 Å². The van der Waals surface area contributed by atoms with Crippen LogP contribution in [0.15, 0.2) is 48.5 Å². The van der Waals surface area contributed by atoms with Gasteiger partial charge in [-0.2, -0.15) is 0 Å². The maximum Gasteiger partial charge on any atom is 0.224 e. The molecule has 1 amide bonds. The molecule has 122 valence electrons. The molecule has 0 spiro atoms. The van der Waals surface area contributed by atoms with E-state index >= 15 is 0 Å². The third kappa shape index (κ3) is 5.44. The quantitative estimate of drug-likeness (QED) is 0.509. The third-order valence-corrected chi connectivity index (χ3v) is 3.89. The van der Waals surface area contributed by atoms with E-state index in [2.05, 4.69) is 12.2 Å². The first-order valence-electron chi connectivity index (χ1n) is 8.39. The zero-order valence-corrected chi connectivity index (χ0v) is 13.7. The van der Waals surface area contributed by atoms with Crippen molar-refractivity contribution in [1.82, 2.24) is 0 Å². The summed E-state index contributed by atoms with van der Waals surface area (Å²) in [6.07, 6.45) is 6.08. The minimum absolute atomic E-state index is 0.0398. The number of phenolic OH excluding ortho intramolecular Hbond substituents is 1. The van der Waals surface area contributed by atoms with Crippen LogP contribution in [0.5, 0.6) is 5.75 Å². The zero-order chi connectivity index (χ0) is 16.5. The van der Waals surface area contributed by atoms with Gasteiger partial charge in [0.15, 0.2) is 0 Å². The highest BCUT2D eigenvalue weighted by molar-refractivity contribution is 5.93. The van der Waals surface area contributed by atoms with E-state index in [0.717, 1.165) is 24.0 Å². The van der Waals surface area contributed by atoms with Crippen LogP contribution < -0.4 is 5.32 Å². The summed E-state index contributed by atoms with van der Waals surface area (Å²) in [4.78, 5) is 12.0. The van der Waals surface area contributed by atoms with Gasteiger partial charge in [-0.25, -0.2) is 0 Å². The summed E-state index contributed by atoms with van der Waals surface area (Å²) in [6.45, 7) is 2.18. The molecule has 0 saturated carbocycles. The average Bonchev–Trinajstić information content (AvgIpc) is 2.57. The van der Waals surface area contributed by atoms with Crippen LogP contribution in [0.4, 0.5) is 5.69 Å². The third-order valence-electron chi connectivity index (χ3n) is 3.89. The number of phenols is 1. The smallest absolute Gasteiger partial charge is 0.224 e. The lowest BCUT2D eigenvalue weighted by atomic mass is 10.0. The fourth-order valence-corrected chi connectivity index (χ4v) is 2.55. The van der Waals surface area contributed by atoms with Crippen LogP contribution in [0.25, 0.3) is 11.1 Å². The highest BCUT2D eigenvalue weighted by atomic mass is 16.3. The molecule has 0 aromatic heterocycles. The highest BCUT2D eigenvalue weighted by Gasteiger charge is 2.08. The van der Waals surface area contributed by atoms with Gasteiger partial charge in [-0.05, 0) is 29.7 Å². The highest BCUT2D eigenvalue weighted by Crippen LogP contribution is 2.29. The lowest BCUT2D eigenvalue weighted by Gasteiger charge is -2.10. The molecule has 0 bridgehead atoms. The van der Waals surface area contributed by atoms with Gasteiger partial charge >= 0.3 is 0 Å². The molecular weight excluding hydrogens is 286 g/mol. The van der Waals surface area contributed by atoms with Crippen molar-refractivity contribution in [2.24, 2.45) is 0 Å². The Balaban J connectivity index is 1.95. The van der Waals surface area contributed by atoms with Crippen LogP contribution >= 0.6 is 0 Å². The number of hydrogen-bond donors (Lipinski definition) is 2. The van der Waals surface area contributed by atoms with Gasteiger partial charge in [0.25, 0.3) is 0 Å². The summed E-state index contributed by atoms with van der Waals surface area (Å²) in [5.74, 6) is 0.0611.